The molecular weight excluding hydrogens is 398 g/mol. The number of thioether (sulfide) groups is 1. The molecule has 1 saturated heterocycles. The van der Waals surface area contributed by atoms with Gasteiger partial charge in [-0.3, -0.25) is 14.3 Å². The van der Waals surface area contributed by atoms with Gasteiger partial charge in [-0.25, -0.2) is 0 Å². The van der Waals surface area contributed by atoms with Crippen LogP contribution < -0.4 is 4.74 Å². The number of hydrogen-bond donors (Lipinski definition) is 0. The van der Waals surface area contributed by atoms with E-state index in [-0.39, 0.29) is 5.91 Å². The molecular formula is C22H25N5O2S. The maximum atomic E-state index is 12.7. The fraction of sp³-hybridized carbons (Fsp3) is 0.318. The van der Waals surface area contributed by atoms with Crippen molar-refractivity contribution < 1.29 is 9.53 Å². The van der Waals surface area contributed by atoms with Gasteiger partial charge in [0.15, 0.2) is 5.16 Å². The molecule has 0 radical (unpaired) electrons. The van der Waals surface area contributed by atoms with Crippen molar-refractivity contribution in [1.82, 2.24) is 24.6 Å². The molecule has 156 valence electrons. The van der Waals surface area contributed by atoms with E-state index in [0.717, 1.165) is 44.2 Å². The van der Waals surface area contributed by atoms with Crippen molar-refractivity contribution in [3.05, 3.63) is 66.5 Å². The summed E-state index contributed by atoms with van der Waals surface area (Å²) in [5.74, 6) is 1.25. The van der Waals surface area contributed by atoms with Crippen molar-refractivity contribution in [2.45, 2.75) is 11.7 Å². The zero-order valence-corrected chi connectivity index (χ0v) is 17.8. The molecule has 1 aliphatic heterocycles. The first-order chi connectivity index (χ1) is 14.7. The highest BCUT2D eigenvalue weighted by Gasteiger charge is 2.22. The first-order valence-electron chi connectivity index (χ1n) is 9.94. The average Bonchev–Trinajstić information content (AvgIpc) is 3.27. The molecule has 1 aliphatic rings. The second-order valence-electron chi connectivity index (χ2n) is 7.12. The normalized spacial score (nSPS) is 14.6. The van der Waals surface area contributed by atoms with Crippen molar-refractivity contribution in [3.63, 3.8) is 0 Å². The van der Waals surface area contributed by atoms with Crippen LogP contribution in [-0.2, 0) is 11.3 Å². The summed E-state index contributed by atoms with van der Waals surface area (Å²) in [6.07, 6.45) is 1.66. The van der Waals surface area contributed by atoms with Crippen LogP contribution in [-0.4, -0.2) is 69.5 Å². The van der Waals surface area contributed by atoms with E-state index in [1.807, 2.05) is 39.8 Å². The highest BCUT2D eigenvalue weighted by atomic mass is 32.2. The van der Waals surface area contributed by atoms with Gasteiger partial charge < -0.3 is 9.64 Å². The van der Waals surface area contributed by atoms with Crippen LogP contribution in [0.1, 0.15) is 5.56 Å². The van der Waals surface area contributed by atoms with Crippen LogP contribution in [0.3, 0.4) is 0 Å². The molecule has 1 amide bonds. The van der Waals surface area contributed by atoms with Crippen LogP contribution >= 0.6 is 11.8 Å². The summed E-state index contributed by atoms with van der Waals surface area (Å²) in [6.45, 7) is 4.24. The number of ether oxygens (including phenoxy) is 1. The number of hydrogen-bond acceptors (Lipinski definition) is 6. The van der Waals surface area contributed by atoms with Gasteiger partial charge in [0, 0.05) is 38.8 Å². The van der Waals surface area contributed by atoms with Crippen LogP contribution in [0.15, 0.2) is 66.1 Å². The zero-order chi connectivity index (χ0) is 20.8. The Balaban J connectivity index is 1.29. The molecule has 0 spiro atoms. The summed E-state index contributed by atoms with van der Waals surface area (Å²) in [5.41, 5.74) is 2.22. The lowest BCUT2D eigenvalue weighted by Crippen LogP contribution is -2.48. The molecule has 0 N–H and O–H groups in total. The molecule has 0 aliphatic carbocycles. The number of aromatic nitrogens is 3. The Morgan fingerprint density at radius 1 is 1.07 bits per heavy atom. The fourth-order valence-electron chi connectivity index (χ4n) is 3.47. The van der Waals surface area contributed by atoms with E-state index in [4.69, 9.17) is 4.74 Å². The minimum absolute atomic E-state index is 0.138. The van der Waals surface area contributed by atoms with Crippen molar-refractivity contribution in [2.75, 3.05) is 39.0 Å². The average molecular weight is 424 g/mol. The summed E-state index contributed by atoms with van der Waals surface area (Å²) >= 11 is 1.41. The lowest BCUT2D eigenvalue weighted by Gasteiger charge is -2.34. The summed E-state index contributed by atoms with van der Waals surface area (Å²) < 4.78 is 7.16. The van der Waals surface area contributed by atoms with Gasteiger partial charge in [0.2, 0.25) is 5.91 Å². The van der Waals surface area contributed by atoms with Gasteiger partial charge in [-0.1, -0.05) is 48.2 Å². The largest absolute Gasteiger partial charge is 0.497 e. The van der Waals surface area contributed by atoms with Crippen LogP contribution in [0.2, 0.25) is 0 Å². The smallest absolute Gasteiger partial charge is 0.233 e. The highest BCUT2D eigenvalue weighted by molar-refractivity contribution is 7.99. The number of benzene rings is 2. The minimum Gasteiger partial charge on any atom is -0.497 e. The molecule has 30 heavy (non-hydrogen) atoms. The summed E-state index contributed by atoms with van der Waals surface area (Å²) in [5, 5.41) is 8.89. The summed E-state index contributed by atoms with van der Waals surface area (Å²) in [4.78, 5) is 17.1. The maximum absolute atomic E-state index is 12.7. The second kappa shape index (κ2) is 9.77. The topological polar surface area (TPSA) is 63.5 Å². The summed E-state index contributed by atoms with van der Waals surface area (Å²) in [7, 11) is 1.64. The Morgan fingerprint density at radius 3 is 2.63 bits per heavy atom. The molecule has 0 saturated carbocycles. The van der Waals surface area contributed by atoms with Crippen LogP contribution in [0.5, 0.6) is 5.75 Å². The summed E-state index contributed by atoms with van der Waals surface area (Å²) in [6, 6.07) is 18.1. The Kier molecular flexibility index (Phi) is 6.66. The Bertz CT molecular complexity index is 970. The quantitative estimate of drug-likeness (QED) is 0.545. The predicted molar refractivity (Wildman–Crippen MR) is 117 cm³/mol. The van der Waals surface area contributed by atoms with Crippen molar-refractivity contribution in [1.29, 1.82) is 0 Å². The van der Waals surface area contributed by atoms with Crippen LogP contribution in [0.25, 0.3) is 5.69 Å². The number of carbonyl (C=O) groups excluding carboxylic acids is 1. The van der Waals surface area contributed by atoms with Gasteiger partial charge in [-0.05, 0) is 17.7 Å². The molecule has 0 bridgehead atoms. The van der Waals surface area contributed by atoms with Gasteiger partial charge in [-0.15, -0.1) is 10.2 Å². The van der Waals surface area contributed by atoms with Gasteiger partial charge in [-0.2, -0.15) is 0 Å². The molecule has 7 nitrogen and oxygen atoms in total. The van der Waals surface area contributed by atoms with Gasteiger partial charge in [0.25, 0.3) is 0 Å². The fourth-order valence-corrected chi connectivity index (χ4v) is 4.31. The number of piperazine rings is 1. The van der Waals surface area contributed by atoms with Crippen molar-refractivity contribution >= 4 is 17.7 Å². The lowest BCUT2D eigenvalue weighted by atomic mass is 10.2. The Labute approximate surface area is 180 Å². The van der Waals surface area contributed by atoms with Gasteiger partial charge >= 0.3 is 0 Å². The maximum Gasteiger partial charge on any atom is 0.233 e. The number of carbonyl (C=O) groups is 1. The van der Waals surface area contributed by atoms with Crippen molar-refractivity contribution in [3.8, 4) is 11.4 Å². The third kappa shape index (κ3) is 5.01. The molecule has 2 aromatic carbocycles. The van der Waals surface area contributed by atoms with E-state index in [1.165, 1.54) is 17.3 Å². The molecule has 8 heteroatoms. The van der Waals surface area contributed by atoms with E-state index in [1.54, 1.807) is 13.4 Å². The lowest BCUT2D eigenvalue weighted by molar-refractivity contribution is -0.130. The molecule has 3 aromatic rings. The van der Waals surface area contributed by atoms with E-state index in [9.17, 15) is 4.79 Å². The monoisotopic (exact) mass is 423 g/mol. The minimum atomic E-state index is 0.138. The van der Waals surface area contributed by atoms with E-state index < -0.39 is 0 Å². The Morgan fingerprint density at radius 2 is 1.87 bits per heavy atom. The first-order valence-corrected chi connectivity index (χ1v) is 10.9. The third-order valence-corrected chi connectivity index (χ3v) is 6.07. The second-order valence-corrected chi connectivity index (χ2v) is 8.06. The van der Waals surface area contributed by atoms with Crippen LogP contribution in [0, 0.1) is 0 Å². The SMILES string of the molecule is COc1cccc(-n2cnnc2SCC(=O)N2CCN(Cc3ccccc3)CC2)c1. The zero-order valence-electron chi connectivity index (χ0n) is 17.0. The van der Waals surface area contributed by atoms with Crippen molar-refractivity contribution in [2.24, 2.45) is 0 Å². The number of rotatable bonds is 7. The van der Waals surface area contributed by atoms with Gasteiger partial charge in [0.05, 0.1) is 18.6 Å². The molecule has 4 rings (SSSR count). The molecule has 1 fully saturated rings. The van der Waals surface area contributed by atoms with Gasteiger partial charge in [0.1, 0.15) is 12.1 Å². The van der Waals surface area contributed by atoms with E-state index in [0.29, 0.717) is 10.9 Å². The number of amides is 1. The highest BCUT2D eigenvalue weighted by Crippen LogP contribution is 2.23. The van der Waals surface area contributed by atoms with E-state index >= 15 is 0 Å². The molecule has 2 heterocycles. The van der Waals surface area contributed by atoms with E-state index in [2.05, 4.69) is 39.4 Å². The number of methoxy groups -OCH3 is 1. The Hall–Kier alpha value is -2.84. The first kappa shape index (κ1) is 20.4. The molecule has 0 unspecified atom stereocenters. The van der Waals surface area contributed by atoms with Crippen LogP contribution in [0.4, 0.5) is 0 Å². The molecule has 0 atom stereocenters. The number of nitrogens with zero attached hydrogens (tertiary/aromatic N) is 5. The molecule has 1 aromatic heterocycles. The predicted octanol–water partition coefficient (Wildman–Crippen LogP) is 2.71. The standard InChI is InChI=1S/C22H25N5O2S/c1-29-20-9-5-8-19(14-20)27-17-23-24-22(27)30-16-21(28)26-12-10-25(11-13-26)15-18-6-3-2-4-7-18/h2-9,14,17H,10-13,15-16H2,1H3. The third-order valence-electron chi connectivity index (χ3n) is 5.15.